The fourth-order valence-corrected chi connectivity index (χ4v) is 2.51. The zero-order valence-corrected chi connectivity index (χ0v) is 10.3. The molecule has 0 bridgehead atoms. The van der Waals surface area contributed by atoms with E-state index >= 15 is 0 Å². The van der Waals surface area contributed by atoms with Crippen LogP contribution in [0.2, 0.25) is 0 Å². The summed E-state index contributed by atoms with van der Waals surface area (Å²) < 4.78 is 0. The lowest BCUT2D eigenvalue weighted by Gasteiger charge is -2.31. The van der Waals surface area contributed by atoms with Crippen LogP contribution >= 0.6 is 0 Å². The van der Waals surface area contributed by atoms with Crippen molar-refractivity contribution in [3.05, 3.63) is 71.8 Å². The molecule has 0 saturated carbocycles. The highest BCUT2D eigenvalue weighted by molar-refractivity contribution is 5.23. The maximum atomic E-state index is 3.62. The maximum absolute atomic E-state index is 3.62. The first-order chi connectivity index (χ1) is 8.93. The van der Waals surface area contributed by atoms with E-state index in [-0.39, 0.29) is 0 Å². The molecule has 0 unspecified atom stereocenters. The third kappa shape index (κ3) is 2.45. The van der Waals surface area contributed by atoms with E-state index in [1.54, 1.807) is 0 Å². The molecule has 3 rings (SSSR count). The van der Waals surface area contributed by atoms with Gasteiger partial charge in [-0.3, -0.25) is 0 Å². The normalized spacial score (nSPS) is 23.8. The van der Waals surface area contributed by atoms with Crippen LogP contribution in [0.5, 0.6) is 0 Å². The van der Waals surface area contributed by atoms with Crippen molar-refractivity contribution in [2.24, 2.45) is 0 Å². The van der Waals surface area contributed by atoms with Gasteiger partial charge in [-0.2, -0.15) is 0 Å². The van der Waals surface area contributed by atoms with E-state index in [4.69, 9.17) is 0 Å². The summed E-state index contributed by atoms with van der Waals surface area (Å²) in [6.07, 6.45) is 0. The van der Waals surface area contributed by atoms with Gasteiger partial charge in [0.15, 0.2) is 0 Å². The molecule has 0 aliphatic carbocycles. The number of benzene rings is 2. The second-order valence-electron chi connectivity index (χ2n) is 4.74. The van der Waals surface area contributed by atoms with Gasteiger partial charge in [-0.25, -0.2) is 0 Å². The Morgan fingerprint density at radius 1 is 0.611 bits per heavy atom. The maximum Gasteiger partial charge on any atom is 0.0447 e. The second kappa shape index (κ2) is 5.34. The fraction of sp³-hybridized carbons (Fsp3) is 0.250. The van der Waals surface area contributed by atoms with Gasteiger partial charge in [-0.05, 0) is 11.1 Å². The average Bonchev–Trinajstić information content (AvgIpc) is 2.49. The molecule has 1 aliphatic rings. The van der Waals surface area contributed by atoms with E-state index in [0.29, 0.717) is 12.1 Å². The van der Waals surface area contributed by atoms with Crippen molar-refractivity contribution in [2.75, 3.05) is 13.1 Å². The molecule has 2 aromatic rings. The van der Waals surface area contributed by atoms with Crippen LogP contribution in [0.4, 0.5) is 0 Å². The van der Waals surface area contributed by atoms with Crippen LogP contribution in [0, 0.1) is 0 Å². The van der Waals surface area contributed by atoms with Gasteiger partial charge in [-0.1, -0.05) is 60.7 Å². The van der Waals surface area contributed by atoms with Gasteiger partial charge < -0.3 is 10.6 Å². The lowest BCUT2D eigenvalue weighted by Crippen LogP contribution is -2.45. The predicted octanol–water partition coefficient (Wildman–Crippen LogP) is 2.66. The molecule has 0 aromatic heterocycles. The van der Waals surface area contributed by atoms with Crippen molar-refractivity contribution in [1.29, 1.82) is 0 Å². The zero-order chi connectivity index (χ0) is 12.2. The minimum Gasteiger partial charge on any atom is -0.307 e. The summed E-state index contributed by atoms with van der Waals surface area (Å²) in [5, 5.41) is 7.24. The highest BCUT2D eigenvalue weighted by atomic mass is 15.1. The van der Waals surface area contributed by atoms with Gasteiger partial charge in [0.2, 0.25) is 0 Å². The van der Waals surface area contributed by atoms with E-state index in [1.807, 2.05) is 0 Å². The monoisotopic (exact) mass is 238 g/mol. The van der Waals surface area contributed by atoms with Crippen LogP contribution < -0.4 is 10.6 Å². The average molecular weight is 238 g/mol. The van der Waals surface area contributed by atoms with Crippen molar-refractivity contribution in [1.82, 2.24) is 10.6 Å². The van der Waals surface area contributed by atoms with Gasteiger partial charge >= 0.3 is 0 Å². The second-order valence-corrected chi connectivity index (χ2v) is 4.74. The van der Waals surface area contributed by atoms with Crippen LogP contribution in [0.15, 0.2) is 60.7 Å². The summed E-state index contributed by atoms with van der Waals surface area (Å²) in [7, 11) is 0. The van der Waals surface area contributed by atoms with Crippen LogP contribution in [-0.4, -0.2) is 13.1 Å². The van der Waals surface area contributed by atoms with Crippen molar-refractivity contribution in [3.8, 4) is 0 Å². The minimum atomic E-state index is 0.422. The van der Waals surface area contributed by atoms with E-state index in [2.05, 4.69) is 71.3 Å². The first kappa shape index (κ1) is 11.5. The van der Waals surface area contributed by atoms with Crippen LogP contribution in [0.1, 0.15) is 23.2 Å². The number of rotatable bonds is 2. The van der Waals surface area contributed by atoms with Crippen molar-refractivity contribution in [2.45, 2.75) is 12.1 Å². The van der Waals surface area contributed by atoms with Crippen LogP contribution in [-0.2, 0) is 0 Å². The van der Waals surface area contributed by atoms with Crippen LogP contribution in [0.25, 0.3) is 0 Å². The quantitative estimate of drug-likeness (QED) is 0.840. The molecule has 1 saturated heterocycles. The van der Waals surface area contributed by atoms with E-state index < -0.39 is 0 Å². The molecule has 92 valence electrons. The first-order valence-corrected chi connectivity index (χ1v) is 6.50. The Kier molecular flexibility index (Phi) is 3.40. The molecule has 0 spiro atoms. The van der Waals surface area contributed by atoms with Gasteiger partial charge in [0.1, 0.15) is 0 Å². The van der Waals surface area contributed by atoms with Crippen LogP contribution in [0.3, 0.4) is 0 Å². The predicted molar refractivity (Wildman–Crippen MR) is 74.4 cm³/mol. The van der Waals surface area contributed by atoms with E-state index in [0.717, 1.165) is 13.1 Å². The van der Waals surface area contributed by atoms with Gasteiger partial charge in [0, 0.05) is 25.2 Å². The molecule has 2 N–H and O–H groups in total. The summed E-state index contributed by atoms with van der Waals surface area (Å²) >= 11 is 0. The van der Waals surface area contributed by atoms with E-state index in [9.17, 15) is 0 Å². The van der Waals surface area contributed by atoms with Gasteiger partial charge in [0.05, 0.1) is 0 Å². The molecular weight excluding hydrogens is 220 g/mol. The molecule has 0 radical (unpaired) electrons. The number of hydrogen-bond acceptors (Lipinski definition) is 2. The zero-order valence-electron chi connectivity index (χ0n) is 10.3. The van der Waals surface area contributed by atoms with Gasteiger partial charge in [0.25, 0.3) is 0 Å². The first-order valence-electron chi connectivity index (χ1n) is 6.50. The number of piperazine rings is 1. The lowest BCUT2D eigenvalue weighted by atomic mass is 10.00. The Labute approximate surface area is 108 Å². The smallest absolute Gasteiger partial charge is 0.0447 e. The summed E-state index contributed by atoms with van der Waals surface area (Å²) in [5.74, 6) is 0. The third-order valence-corrected chi connectivity index (χ3v) is 3.54. The Balaban J connectivity index is 1.65. The summed E-state index contributed by atoms with van der Waals surface area (Å²) in [5.41, 5.74) is 2.72. The van der Waals surface area contributed by atoms with Crippen molar-refractivity contribution < 1.29 is 0 Å². The summed E-state index contributed by atoms with van der Waals surface area (Å²) in [4.78, 5) is 0. The molecule has 2 nitrogen and oxygen atoms in total. The molecule has 1 aliphatic heterocycles. The van der Waals surface area contributed by atoms with Crippen molar-refractivity contribution in [3.63, 3.8) is 0 Å². The Morgan fingerprint density at radius 3 is 1.33 bits per heavy atom. The topological polar surface area (TPSA) is 24.1 Å². The summed E-state index contributed by atoms with van der Waals surface area (Å²) in [6, 6.07) is 22.1. The molecular formula is C16H18N2. The van der Waals surface area contributed by atoms with Gasteiger partial charge in [-0.15, -0.1) is 0 Å². The molecule has 0 amide bonds. The van der Waals surface area contributed by atoms with E-state index in [1.165, 1.54) is 11.1 Å². The Bertz CT molecular complexity index is 425. The molecule has 1 heterocycles. The third-order valence-electron chi connectivity index (χ3n) is 3.54. The SMILES string of the molecule is c1ccc([C@@H]2CN[C@H](c3ccccc3)CN2)cc1. The highest BCUT2D eigenvalue weighted by Gasteiger charge is 2.21. The molecule has 2 atom stereocenters. The number of hydrogen-bond donors (Lipinski definition) is 2. The Hall–Kier alpha value is -1.64. The molecule has 18 heavy (non-hydrogen) atoms. The lowest BCUT2D eigenvalue weighted by molar-refractivity contribution is 0.357. The summed E-state index contributed by atoms with van der Waals surface area (Å²) in [6.45, 7) is 1.95. The molecule has 2 aromatic carbocycles. The fourth-order valence-electron chi connectivity index (χ4n) is 2.51. The Morgan fingerprint density at radius 2 is 1.00 bits per heavy atom. The molecule has 1 fully saturated rings. The highest BCUT2D eigenvalue weighted by Crippen LogP contribution is 2.20. The number of nitrogens with one attached hydrogen (secondary N) is 2. The molecule has 2 heteroatoms. The standard InChI is InChI=1S/C16H18N2/c1-3-7-13(8-4-1)15-11-18-16(12-17-15)14-9-5-2-6-10-14/h1-10,15-18H,11-12H2/t15-,16-/m0/s1. The largest absolute Gasteiger partial charge is 0.307 e. The van der Waals surface area contributed by atoms with Crippen molar-refractivity contribution >= 4 is 0 Å². The minimum absolute atomic E-state index is 0.422.